The lowest BCUT2D eigenvalue weighted by Crippen LogP contribution is -1.97. The maximum atomic E-state index is 10.7. The van der Waals surface area contributed by atoms with E-state index in [0.29, 0.717) is 0 Å². The van der Waals surface area contributed by atoms with Gasteiger partial charge in [0.1, 0.15) is 0 Å². The Labute approximate surface area is 79.3 Å². The smallest absolute Gasteiger partial charge is 0.406 e. The van der Waals surface area contributed by atoms with Crippen molar-refractivity contribution in [2.45, 2.75) is 4.90 Å². The minimum Gasteiger partial charge on any atom is -0.706 e. The van der Waals surface area contributed by atoms with Crippen LogP contribution in [0.25, 0.3) is 10.5 Å². The van der Waals surface area contributed by atoms with Gasteiger partial charge in [-0.05, 0) is 12.1 Å². The van der Waals surface area contributed by atoms with Crippen molar-refractivity contribution in [2.24, 2.45) is 5.11 Å². The van der Waals surface area contributed by atoms with Crippen molar-refractivity contribution in [3.8, 4) is 0 Å². The molecular formula is C6H4N4O3S. The molecule has 72 valence electrons. The average molecular weight is 212 g/mol. The predicted octanol–water partition coefficient (Wildman–Crippen LogP) is 2.07. The van der Waals surface area contributed by atoms with Gasteiger partial charge in [0.05, 0.1) is 0 Å². The maximum absolute atomic E-state index is 10.7. The topological polar surface area (TPSA) is 117 Å². The van der Waals surface area contributed by atoms with Crippen LogP contribution in [0.3, 0.4) is 0 Å². The number of benzene rings is 1. The van der Waals surface area contributed by atoms with Gasteiger partial charge in [0.25, 0.3) is 0 Å². The van der Waals surface area contributed by atoms with Gasteiger partial charge in [-0.25, -0.2) is 0 Å². The molecule has 0 fully saturated rings. The molecule has 7 nitrogen and oxygen atoms in total. The van der Waals surface area contributed by atoms with Crippen LogP contribution >= 0.6 is 0 Å². The van der Waals surface area contributed by atoms with Crippen LogP contribution in [0.15, 0.2) is 28.2 Å². The zero-order valence-electron chi connectivity index (χ0n) is 6.69. The summed E-state index contributed by atoms with van der Waals surface area (Å²) in [6.07, 6.45) is 0. The van der Waals surface area contributed by atoms with Crippen molar-refractivity contribution in [1.29, 1.82) is 5.39 Å². The van der Waals surface area contributed by atoms with Crippen molar-refractivity contribution in [3.63, 3.8) is 0 Å². The van der Waals surface area contributed by atoms with E-state index in [2.05, 4.69) is 10.1 Å². The standard InChI is InChI=1S/C6H4N4O3S/c7-9-4-1-2-5(10-8)6(3-4)14(11,12)13/h1-3H,(H,11,12,13). The molecule has 0 unspecified atom stereocenters. The van der Waals surface area contributed by atoms with Crippen molar-refractivity contribution in [1.82, 2.24) is 0 Å². The summed E-state index contributed by atoms with van der Waals surface area (Å²) in [6.45, 7) is 0. The molecule has 8 heteroatoms. The average Bonchev–Trinajstić information content (AvgIpc) is 2.15. The second-order valence-corrected chi connectivity index (χ2v) is 3.72. The van der Waals surface area contributed by atoms with E-state index in [1.54, 1.807) is 0 Å². The van der Waals surface area contributed by atoms with Crippen molar-refractivity contribution in [2.75, 3.05) is 0 Å². The minimum atomic E-state index is -4.50. The molecule has 0 saturated heterocycles. The van der Waals surface area contributed by atoms with E-state index in [9.17, 15) is 8.42 Å². The van der Waals surface area contributed by atoms with Gasteiger partial charge in [0.2, 0.25) is 5.39 Å². The molecule has 0 atom stereocenters. The number of hydrogen-bond acceptors (Lipinski definition) is 4. The molecule has 0 heterocycles. The van der Waals surface area contributed by atoms with Gasteiger partial charge in [-0.1, -0.05) is 0 Å². The molecule has 0 saturated carbocycles. The van der Waals surface area contributed by atoms with E-state index < -0.39 is 15.0 Å². The Bertz CT molecular complexity index is 516. The first-order valence-electron chi connectivity index (χ1n) is 3.31. The van der Waals surface area contributed by atoms with Crippen LogP contribution in [0.5, 0.6) is 0 Å². The molecule has 1 rings (SSSR count). The summed E-state index contributed by atoms with van der Waals surface area (Å²) in [7, 11) is -4.50. The molecular weight excluding hydrogens is 208 g/mol. The third-order valence-electron chi connectivity index (χ3n) is 1.44. The van der Waals surface area contributed by atoms with Gasteiger partial charge in [-0.3, -0.25) is 4.55 Å². The van der Waals surface area contributed by atoms with Gasteiger partial charge in [0, 0.05) is 11.8 Å². The summed E-state index contributed by atoms with van der Waals surface area (Å²) in [6, 6.07) is 3.16. The first-order chi connectivity index (χ1) is 6.49. The van der Waals surface area contributed by atoms with Gasteiger partial charge in [0.15, 0.2) is 9.87 Å². The number of rotatable bonds is 2. The molecule has 1 aromatic rings. The minimum absolute atomic E-state index is 0.0787. The lowest BCUT2D eigenvalue weighted by molar-refractivity contribution is 0.483. The van der Waals surface area contributed by atoms with Gasteiger partial charge in [-0.2, -0.15) is 8.42 Å². The monoisotopic (exact) mass is 212 g/mol. The Morgan fingerprint density at radius 2 is 2.14 bits per heavy atom. The molecule has 14 heavy (non-hydrogen) atoms. The van der Waals surface area contributed by atoms with Crippen molar-refractivity contribution < 1.29 is 13.0 Å². The quantitative estimate of drug-likeness (QED) is 0.458. The van der Waals surface area contributed by atoms with Crippen LogP contribution in [0.4, 0.5) is 11.4 Å². The first-order valence-corrected chi connectivity index (χ1v) is 4.75. The molecule has 0 radical (unpaired) electrons. The van der Waals surface area contributed by atoms with E-state index in [-0.39, 0.29) is 11.4 Å². The fourth-order valence-corrected chi connectivity index (χ4v) is 1.50. The molecule has 0 bridgehead atoms. The largest absolute Gasteiger partial charge is 0.706 e. The third kappa shape index (κ3) is 1.90. The number of hydrogen-bond donors (Lipinski definition) is 1. The third-order valence-corrected chi connectivity index (χ3v) is 2.33. The lowest BCUT2D eigenvalue weighted by atomic mass is 10.3. The predicted molar refractivity (Wildman–Crippen MR) is 46.4 cm³/mol. The molecule has 0 aliphatic rings. The zero-order valence-corrected chi connectivity index (χ0v) is 7.51. The normalized spacial score (nSPS) is 10.6. The highest BCUT2D eigenvalue weighted by Crippen LogP contribution is 2.28. The van der Waals surface area contributed by atoms with Crippen LogP contribution in [0.2, 0.25) is 0 Å². The Hall–Kier alpha value is -1.85. The van der Waals surface area contributed by atoms with E-state index >= 15 is 0 Å². The molecule has 1 N–H and O–H groups in total. The maximum Gasteiger partial charge on any atom is 0.406 e. The fourth-order valence-electron chi connectivity index (χ4n) is 0.854. The zero-order chi connectivity index (χ0) is 10.8. The van der Waals surface area contributed by atoms with Gasteiger partial charge < -0.3 is 10.6 Å². The molecule has 0 amide bonds. The van der Waals surface area contributed by atoms with E-state index in [4.69, 9.17) is 15.5 Å². The summed E-state index contributed by atoms with van der Waals surface area (Å²) in [5, 5.41) is 11.1. The Balaban J connectivity index is 3.55. The molecule has 0 aliphatic heterocycles. The summed E-state index contributed by atoms with van der Waals surface area (Å²) in [5.41, 5.74) is 7.93. The molecule has 1 aromatic carbocycles. The van der Waals surface area contributed by atoms with Crippen LogP contribution in [0, 0.1) is 5.39 Å². The summed E-state index contributed by atoms with van der Waals surface area (Å²) >= 11 is 0. The van der Waals surface area contributed by atoms with Crippen LogP contribution in [-0.2, 0) is 10.1 Å². The molecule has 0 aliphatic carbocycles. The van der Waals surface area contributed by atoms with E-state index in [0.717, 1.165) is 12.1 Å². The molecule has 0 aromatic heterocycles. The first kappa shape index (κ1) is 10.2. The second-order valence-electron chi connectivity index (χ2n) is 2.33. The fraction of sp³-hybridized carbons (Fsp3) is 0. The van der Waals surface area contributed by atoms with E-state index in [1.807, 2.05) is 0 Å². The van der Waals surface area contributed by atoms with E-state index in [1.165, 1.54) is 6.07 Å². The Morgan fingerprint density at radius 3 is 2.57 bits per heavy atom. The van der Waals surface area contributed by atoms with Crippen LogP contribution < -0.4 is 0 Å². The Morgan fingerprint density at radius 1 is 1.50 bits per heavy atom. The second kappa shape index (κ2) is 3.49. The van der Waals surface area contributed by atoms with Crippen molar-refractivity contribution in [3.05, 3.63) is 28.7 Å². The van der Waals surface area contributed by atoms with Gasteiger partial charge in [-0.15, -0.1) is 0 Å². The van der Waals surface area contributed by atoms with Crippen LogP contribution in [-0.4, -0.2) is 13.0 Å². The highest BCUT2D eigenvalue weighted by molar-refractivity contribution is 7.86. The Kier molecular flexibility index (Phi) is 2.55. The highest BCUT2D eigenvalue weighted by Gasteiger charge is 2.24. The number of diazo groups is 1. The lowest BCUT2D eigenvalue weighted by Gasteiger charge is -1.97. The summed E-state index contributed by atoms with van der Waals surface area (Å²) in [4.78, 5) is 2.02. The van der Waals surface area contributed by atoms with Gasteiger partial charge >= 0.3 is 15.8 Å². The van der Waals surface area contributed by atoms with Crippen LogP contribution in [0.1, 0.15) is 0 Å². The highest BCUT2D eigenvalue weighted by atomic mass is 32.2. The summed E-state index contributed by atoms with van der Waals surface area (Å²) in [5.74, 6) is 0. The van der Waals surface area contributed by atoms with Crippen molar-refractivity contribution >= 4 is 21.5 Å². The number of nitrogens with zero attached hydrogens (tertiary/aromatic N) is 4. The molecule has 0 spiro atoms. The SMILES string of the molecule is N#[N+]c1ccc(N=[N-])cc1S(=O)(=O)O. The summed E-state index contributed by atoms with van der Waals surface area (Å²) < 4.78 is 30.2.